The standard InChI is InChI=1S/C19H26N6O4/c1-28-15-11-13-14(12-16(15)29-2)21-18(22-17(13)23-5-3-20-4-6-23)24-7-9-25(10-8-24)19(26)27/h11-12,20H,3-10H2,1-2H3,(H,26,27). The van der Waals surface area contributed by atoms with Crippen LogP contribution in [0.3, 0.4) is 0 Å². The van der Waals surface area contributed by atoms with E-state index in [-0.39, 0.29) is 0 Å². The zero-order chi connectivity index (χ0) is 20.4. The van der Waals surface area contributed by atoms with Crippen LogP contribution in [0.2, 0.25) is 0 Å². The summed E-state index contributed by atoms with van der Waals surface area (Å²) in [5.74, 6) is 2.74. The maximum absolute atomic E-state index is 11.2. The monoisotopic (exact) mass is 402 g/mol. The van der Waals surface area contributed by atoms with Crippen molar-refractivity contribution in [1.29, 1.82) is 0 Å². The summed E-state index contributed by atoms with van der Waals surface area (Å²) in [5.41, 5.74) is 0.779. The number of rotatable bonds is 4. The van der Waals surface area contributed by atoms with Gasteiger partial charge in [-0.3, -0.25) is 0 Å². The molecule has 0 radical (unpaired) electrons. The Hall–Kier alpha value is -3.01. The molecule has 1 aromatic heterocycles. The first-order chi connectivity index (χ1) is 14.1. The van der Waals surface area contributed by atoms with Crippen LogP contribution in [0.15, 0.2) is 12.1 Å². The van der Waals surface area contributed by atoms with Crippen molar-refractivity contribution in [3.63, 3.8) is 0 Å². The minimum Gasteiger partial charge on any atom is -0.493 e. The molecule has 2 aliphatic rings. The van der Waals surface area contributed by atoms with E-state index in [2.05, 4.69) is 10.2 Å². The molecule has 10 nitrogen and oxygen atoms in total. The highest BCUT2D eigenvalue weighted by Crippen LogP contribution is 2.36. The maximum atomic E-state index is 11.2. The second-order valence-corrected chi connectivity index (χ2v) is 7.07. The Labute approximate surface area is 169 Å². The second-order valence-electron chi connectivity index (χ2n) is 7.07. The smallest absolute Gasteiger partial charge is 0.407 e. The molecule has 10 heteroatoms. The van der Waals surface area contributed by atoms with Gasteiger partial charge >= 0.3 is 6.09 Å². The third kappa shape index (κ3) is 3.80. The SMILES string of the molecule is COc1cc2nc(N3CCN(C(=O)O)CC3)nc(N3CCNCC3)c2cc1OC. The normalized spacial score (nSPS) is 17.5. The van der Waals surface area contributed by atoms with Gasteiger partial charge in [0.1, 0.15) is 5.82 Å². The van der Waals surface area contributed by atoms with Crippen molar-refractivity contribution in [1.82, 2.24) is 20.2 Å². The molecule has 0 atom stereocenters. The van der Waals surface area contributed by atoms with E-state index in [1.54, 1.807) is 14.2 Å². The predicted molar refractivity (Wildman–Crippen MR) is 110 cm³/mol. The Kier molecular flexibility index (Phi) is 5.43. The molecule has 0 unspecified atom stereocenters. The third-order valence-electron chi connectivity index (χ3n) is 5.42. The molecule has 2 N–H and O–H groups in total. The average molecular weight is 402 g/mol. The molecule has 2 saturated heterocycles. The number of nitrogens with zero attached hydrogens (tertiary/aromatic N) is 5. The molecule has 29 heavy (non-hydrogen) atoms. The summed E-state index contributed by atoms with van der Waals surface area (Å²) in [6.07, 6.45) is -0.887. The van der Waals surface area contributed by atoms with Gasteiger partial charge in [0.2, 0.25) is 5.95 Å². The van der Waals surface area contributed by atoms with Crippen LogP contribution in [0.5, 0.6) is 11.5 Å². The number of benzene rings is 1. The van der Waals surface area contributed by atoms with E-state index in [1.165, 1.54) is 4.90 Å². The highest BCUT2D eigenvalue weighted by molar-refractivity contribution is 5.93. The number of hydrogen-bond donors (Lipinski definition) is 2. The summed E-state index contributed by atoms with van der Waals surface area (Å²) < 4.78 is 10.9. The molecular weight excluding hydrogens is 376 g/mol. The summed E-state index contributed by atoms with van der Waals surface area (Å²) in [4.78, 5) is 26.6. The summed E-state index contributed by atoms with van der Waals surface area (Å²) in [7, 11) is 3.22. The summed E-state index contributed by atoms with van der Waals surface area (Å²) in [6, 6.07) is 3.80. The van der Waals surface area contributed by atoms with Crippen molar-refractivity contribution in [3.8, 4) is 11.5 Å². The fourth-order valence-electron chi connectivity index (χ4n) is 3.78. The maximum Gasteiger partial charge on any atom is 0.407 e. The van der Waals surface area contributed by atoms with E-state index in [4.69, 9.17) is 19.4 Å². The van der Waals surface area contributed by atoms with Gasteiger partial charge in [0.05, 0.1) is 19.7 Å². The lowest BCUT2D eigenvalue weighted by Crippen LogP contribution is -2.49. The summed E-state index contributed by atoms with van der Waals surface area (Å²) in [5, 5.41) is 13.5. The van der Waals surface area contributed by atoms with E-state index >= 15 is 0 Å². The third-order valence-corrected chi connectivity index (χ3v) is 5.42. The lowest BCUT2D eigenvalue weighted by atomic mass is 10.2. The van der Waals surface area contributed by atoms with Crippen molar-refractivity contribution in [3.05, 3.63) is 12.1 Å². The van der Waals surface area contributed by atoms with Crippen LogP contribution in [0.4, 0.5) is 16.6 Å². The molecule has 3 heterocycles. The van der Waals surface area contributed by atoms with E-state index in [0.717, 1.165) is 42.9 Å². The van der Waals surface area contributed by atoms with Gasteiger partial charge in [-0.25, -0.2) is 9.78 Å². The van der Waals surface area contributed by atoms with Crippen LogP contribution in [-0.4, -0.2) is 92.6 Å². The van der Waals surface area contributed by atoms with Crippen molar-refractivity contribution < 1.29 is 19.4 Å². The Morgan fingerprint density at radius 3 is 2.24 bits per heavy atom. The van der Waals surface area contributed by atoms with Crippen molar-refractivity contribution in [2.45, 2.75) is 0 Å². The molecular formula is C19H26N6O4. The predicted octanol–water partition coefficient (Wildman–Crippen LogP) is 0.857. The summed E-state index contributed by atoms with van der Waals surface area (Å²) in [6.45, 7) is 5.49. The Balaban J connectivity index is 1.76. The number of hydrogen-bond acceptors (Lipinski definition) is 8. The lowest BCUT2D eigenvalue weighted by Gasteiger charge is -2.34. The Morgan fingerprint density at radius 2 is 1.62 bits per heavy atom. The number of methoxy groups -OCH3 is 2. The van der Waals surface area contributed by atoms with Gasteiger partial charge < -0.3 is 34.6 Å². The minimum atomic E-state index is -0.887. The van der Waals surface area contributed by atoms with Crippen molar-refractivity contribution >= 4 is 28.8 Å². The largest absolute Gasteiger partial charge is 0.493 e. The van der Waals surface area contributed by atoms with E-state index < -0.39 is 6.09 Å². The fraction of sp³-hybridized carbons (Fsp3) is 0.526. The summed E-state index contributed by atoms with van der Waals surface area (Å²) >= 11 is 0. The molecule has 2 fully saturated rings. The van der Waals surface area contributed by atoms with Crippen LogP contribution in [0.1, 0.15) is 0 Å². The molecule has 0 aliphatic carbocycles. The highest BCUT2D eigenvalue weighted by atomic mass is 16.5. The molecule has 156 valence electrons. The molecule has 1 amide bonds. The number of carbonyl (C=O) groups is 1. The van der Waals surface area contributed by atoms with Crippen LogP contribution in [0.25, 0.3) is 10.9 Å². The van der Waals surface area contributed by atoms with Gasteiger partial charge in [0, 0.05) is 63.8 Å². The van der Waals surface area contributed by atoms with Crippen molar-refractivity contribution in [2.24, 2.45) is 0 Å². The number of nitrogens with one attached hydrogen (secondary N) is 1. The van der Waals surface area contributed by atoms with E-state index in [1.807, 2.05) is 17.0 Å². The number of aromatic nitrogens is 2. The zero-order valence-electron chi connectivity index (χ0n) is 16.7. The second kappa shape index (κ2) is 8.16. The van der Waals surface area contributed by atoms with Crippen LogP contribution < -0.4 is 24.6 Å². The molecule has 4 rings (SSSR count). The first-order valence-corrected chi connectivity index (χ1v) is 9.73. The first-order valence-electron chi connectivity index (χ1n) is 9.73. The Morgan fingerprint density at radius 1 is 0.966 bits per heavy atom. The van der Waals surface area contributed by atoms with E-state index in [0.29, 0.717) is 43.6 Å². The zero-order valence-corrected chi connectivity index (χ0v) is 16.7. The molecule has 2 aliphatic heterocycles. The fourth-order valence-corrected chi connectivity index (χ4v) is 3.78. The number of piperazine rings is 2. The highest BCUT2D eigenvalue weighted by Gasteiger charge is 2.25. The van der Waals surface area contributed by atoms with Gasteiger partial charge in [0.15, 0.2) is 11.5 Å². The van der Waals surface area contributed by atoms with E-state index in [9.17, 15) is 9.90 Å². The van der Waals surface area contributed by atoms with Gasteiger partial charge in [-0.15, -0.1) is 0 Å². The first kappa shape index (κ1) is 19.3. The number of carboxylic acid groups (broad SMARTS) is 1. The van der Waals surface area contributed by atoms with Gasteiger partial charge in [-0.05, 0) is 6.07 Å². The van der Waals surface area contributed by atoms with Gasteiger partial charge in [-0.2, -0.15) is 4.98 Å². The molecule has 0 spiro atoms. The minimum absolute atomic E-state index is 0.436. The quantitative estimate of drug-likeness (QED) is 0.770. The molecule has 1 aromatic carbocycles. The Bertz CT molecular complexity index is 894. The number of fused-ring (bicyclic) bond motifs is 1. The molecule has 0 saturated carbocycles. The number of anilines is 2. The number of ether oxygens (including phenoxy) is 2. The van der Waals surface area contributed by atoms with Gasteiger partial charge in [-0.1, -0.05) is 0 Å². The van der Waals surface area contributed by atoms with Crippen molar-refractivity contribution in [2.75, 3.05) is 76.4 Å². The van der Waals surface area contributed by atoms with Crippen LogP contribution in [0, 0.1) is 0 Å². The number of amides is 1. The van der Waals surface area contributed by atoms with Gasteiger partial charge in [0.25, 0.3) is 0 Å². The topological polar surface area (TPSA) is 103 Å². The molecule has 0 bridgehead atoms. The average Bonchev–Trinajstić information content (AvgIpc) is 2.78. The van der Waals surface area contributed by atoms with Crippen LogP contribution in [-0.2, 0) is 0 Å². The molecule has 2 aromatic rings. The van der Waals surface area contributed by atoms with Crippen LogP contribution >= 0.6 is 0 Å². The lowest BCUT2D eigenvalue weighted by molar-refractivity contribution is 0.142.